The molecule has 8 heteroatoms. The average Bonchev–Trinajstić information content (AvgIpc) is 2.65. The van der Waals surface area contributed by atoms with E-state index in [1.807, 2.05) is 19.9 Å². The van der Waals surface area contributed by atoms with Gasteiger partial charge in [-0.1, -0.05) is 12.5 Å². The summed E-state index contributed by atoms with van der Waals surface area (Å²) >= 11 is 0. The molecular weight excluding hydrogens is 360 g/mol. The number of ether oxygens (including phenoxy) is 1. The van der Waals surface area contributed by atoms with Crippen molar-refractivity contribution < 1.29 is 19.1 Å². The number of aryl methyl sites for hydroxylation is 1. The molecule has 8 nitrogen and oxygen atoms in total. The summed E-state index contributed by atoms with van der Waals surface area (Å²) in [5.74, 6) is -0.350. The van der Waals surface area contributed by atoms with Gasteiger partial charge in [0.1, 0.15) is 5.69 Å². The third-order valence-electron chi connectivity index (χ3n) is 5.48. The minimum atomic E-state index is -0.312. The molecule has 1 aliphatic heterocycles. The number of hydrogen-bond donors (Lipinski definition) is 2. The molecular formula is C20H28N4O4. The number of carbonyl (C=O) groups is 3. The lowest BCUT2D eigenvalue weighted by Gasteiger charge is -2.36. The Hall–Kier alpha value is -2.48. The Morgan fingerprint density at radius 1 is 1.36 bits per heavy atom. The van der Waals surface area contributed by atoms with Gasteiger partial charge in [-0.2, -0.15) is 0 Å². The van der Waals surface area contributed by atoms with Gasteiger partial charge in [-0.05, 0) is 38.3 Å². The van der Waals surface area contributed by atoms with Crippen LogP contribution in [-0.2, 0) is 14.3 Å². The predicted octanol–water partition coefficient (Wildman–Crippen LogP) is 0.652. The summed E-state index contributed by atoms with van der Waals surface area (Å²) < 4.78 is 5.76. The van der Waals surface area contributed by atoms with E-state index >= 15 is 0 Å². The molecule has 0 spiro atoms. The lowest BCUT2D eigenvalue weighted by molar-refractivity contribution is -0.141. The van der Waals surface area contributed by atoms with Crippen LogP contribution in [0.1, 0.15) is 42.2 Å². The maximum absolute atomic E-state index is 12.5. The molecule has 2 aliphatic rings. The Balaban J connectivity index is 1.49. The second-order valence-electron chi connectivity index (χ2n) is 7.53. The van der Waals surface area contributed by atoms with E-state index in [0.29, 0.717) is 25.4 Å². The van der Waals surface area contributed by atoms with Crippen molar-refractivity contribution in [3.63, 3.8) is 0 Å². The van der Waals surface area contributed by atoms with Gasteiger partial charge in [0.2, 0.25) is 11.8 Å². The van der Waals surface area contributed by atoms with Gasteiger partial charge in [0.15, 0.2) is 0 Å². The van der Waals surface area contributed by atoms with Crippen LogP contribution < -0.4 is 10.6 Å². The van der Waals surface area contributed by atoms with E-state index in [2.05, 4.69) is 15.6 Å². The summed E-state index contributed by atoms with van der Waals surface area (Å²) in [6, 6.07) is 3.34. The molecule has 28 heavy (non-hydrogen) atoms. The molecule has 0 bridgehead atoms. The second-order valence-corrected chi connectivity index (χ2v) is 7.53. The largest absolute Gasteiger partial charge is 0.372 e. The Morgan fingerprint density at radius 2 is 2.14 bits per heavy atom. The first-order valence-corrected chi connectivity index (χ1v) is 9.85. The highest BCUT2D eigenvalue weighted by Crippen LogP contribution is 2.26. The average molecular weight is 388 g/mol. The first-order valence-electron chi connectivity index (χ1n) is 9.85. The Bertz CT molecular complexity index is 735. The quantitative estimate of drug-likeness (QED) is 0.745. The van der Waals surface area contributed by atoms with Crippen LogP contribution in [-0.4, -0.2) is 66.0 Å². The zero-order chi connectivity index (χ0) is 20.1. The molecule has 3 amide bonds. The molecule has 1 saturated carbocycles. The van der Waals surface area contributed by atoms with E-state index in [1.165, 1.54) is 0 Å². The fourth-order valence-electron chi connectivity index (χ4n) is 3.39. The molecule has 2 N–H and O–H groups in total. The number of pyridine rings is 1. The third kappa shape index (κ3) is 4.86. The van der Waals surface area contributed by atoms with Gasteiger partial charge in [0.25, 0.3) is 5.91 Å². The minimum absolute atomic E-state index is 0.00984. The van der Waals surface area contributed by atoms with Crippen LogP contribution in [0.25, 0.3) is 0 Å². The van der Waals surface area contributed by atoms with Crippen LogP contribution >= 0.6 is 0 Å². The van der Waals surface area contributed by atoms with E-state index in [4.69, 9.17) is 4.74 Å². The van der Waals surface area contributed by atoms with Crippen molar-refractivity contribution in [2.24, 2.45) is 5.92 Å². The van der Waals surface area contributed by atoms with Crippen molar-refractivity contribution in [1.29, 1.82) is 0 Å². The van der Waals surface area contributed by atoms with Gasteiger partial charge in [0.05, 0.1) is 25.3 Å². The molecule has 2 heterocycles. The predicted molar refractivity (Wildman–Crippen MR) is 103 cm³/mol. The van der Waals surface area contributed by atoms with Crippen molar-refractivity contribution in [2.45, 2.75) is 45.3 Å². The number of nitrogens with zero attached hydrogens (tertiary/aromatic N) is 2. The highest BCUT2D eigenvalue weighted by Gasteiger charge is 2.30. The monoisotopic (exact) mass is 388 g/mol. The fourth-order valence-corrected chi connectivity index (χ4v) is 3.39. The standard InChI is InChI=1S/C20H28N4O4/c1-13-5-4-8-21-18(13)20(27)23-14(2)16-12-24(9-10-28-16)17(25)11-22-19(26)15-6-3-7-15/h4-5,8,14-16H,3,6-7,9-12H2,1-2H3,(H,22,26)(H,23,27). The number of nitrogens with one attached hydrogen (secondary N) is 2. The molecule has 2 unspecified atom stereocenters. The minimum Gasteiger partial charge on any atom is -0.372 e. The Morgan fingerprint density at radius 3 is 2.82 bits per heavy atom. The van der Waals surface area contributed by atoms with E-state index in [9.17, 15) is 14.4 Å². The number of carbonyl (C=O) groups excluding carboxylic acids is 3. The molecule has 1 aromatic heterocycles. The number of hydrogen-bond acceptors (Lipinski definition) is 5. The number of rotatable bonds is 6. The first kappa shape index (κ1) is 20.3. The van der Waals surface area contributed by atoms with Crippen LogP contribution in [0, 0.1) is 12.8 Å². The van der Waals surface area contributed by atoms with Gasteiger partial charge < -0.3 is 20.3 Å². The van der Waals surface area contributed by atoms with Gasteiger partial charge >= 0.3 is 0 Å². The van der Waals surface area contributed by atoms with Crippen LogP contribution in [0.5, 0.6) is 0 Å². The SMILES string of the molecule is Cc1cccnc1C(=O)NC(C)C1CN(C(=O)CNC(=O)C2CCC2)CCO1. The van der Waals surface area contributed by atoms with Crippen LogP contribution in [0.4, 0.5) is 0 Å². The fraction of sp³-hybridized carbons (Fsp3) is 0.600. The van der Waals surface area contributed by atoms with Crippen molar-refractivity contribution in [3.05, 3.63) is 29.6 Å². The van der Waals surface area contributed by atoms with Crippen LogP contribution in [0.2, 0.25) is 0 Å². The summed E-state index contributed by atoms with van der Waals surface area (Å²) in [5.41, 5.74) is 1.19. The first-order chi connectivity index (χ1) is 13.5. The van der Waals surface area contributed by atoms with E-state index in [1.54, 1.807) is 17.2 Å². The highest BCUT2D eigenvalue weighted by atomic mass is 16.5. The van der Waals surface area contributed by atoms with E-state index in [0.717, 1.165) is 24.8 Å². The summed E-state index contributed by atoms with van der Waals surface area (Å²) in [6.45, 7) is 4.95. The van der Waals surface area contributed by atoms with Crippen LogP contribution in [0.15, 0.2) is 18.3 Å². The Kier molecular flexibility index (Phi) is 6.61. The lowest BCUT2D eigenvalue weighted by atomic mass is 9.85. The molecule has 1 aliphatic carbocycles. The molecule has 0 radical (unpaired) electrons. The molecule has 2 atom stereocenters. The molecule has 3 rings (SSSR count). The molecule has 1 saturated heterocycles. The third-order valence-corrected chi connectivity index (χ3v) is 5.48. The molecule has 1 aromatic rings. The van der Waals surface area contributed by atoms with Crippen LogP contribution in [0.3, 0.4) is 0 Å². The summed E-state index contributed by atoms with van der Waals surface area (Å²) in [5, 5.41) is 5.65. The van der Waals surface area contributed by atoms with Gasteiger partial charge in [-0.25, -0.2) is 0 Å². The smallest absolute Gasteiger partial charge is 0.270 e. The summed E-state index contributed by atoms with van der Waals surface area (Å²) in [6.07, 6.45) is 4.17. The van der Waals surface area contributed by atoms with Gasteiger partial charge in [0, 0.05) is 25.2 Å². The van der Waals surface area contributed by atoms with Crippen molar-refractivity contribution in [3.8, 4) is 0 Å². The zero-order valence-electron chi connectivity index (χ0n) is 16.4. The summed E-state index contributed by atoms with van der Waals surface area (Å²) in [4.78, 5) is 42.6. The van der Waals surface area contributed by atoms with Crippen molar-refractivity contribution in [1.82, 2.24) is 20.5 Å². The van der Waals surface area contributed by atoms with Gasteiger partial charge in [-0.3, -0.25) is 19.4 Å². The van der Waals surface area contributed by atoms with E-state index < -0.39 is 0 Å². The second kappa shape index (κ2) is 9.14. The number of amides is 3. The normalized spacial score (nSPS) is 20.8. The van der Waals surface area contributed by atoms with Gasteiger partial charge in [-0.15, -0.1) is 0 Å². The number of aromatic nitrogens is 1. The molecule has 2 fully saturated rings. The van der Waals surface area contributed by atoms with Crippen molar-refractivity contribution >= 4 is 17.7 Å². The molecule has 0 aromatic carbocycles. The van der Waals surface area contributed by atoms with Crippen molar-refractivity contribution in [2.75, 3.05) is 26.2 Å². The zero-order valence-corrected chi connectivity index (χ0v) is 16.4. The number of morpholine rings is 1. The topological polar surface area (TPSA) is 101 Å². The lowest BCUT2D eigenvalue weighted by Crippen LogP contribution is -2.55. The summed E-state index contributed by atoms with van der Waals surface area (Å²) in [7, 11) is 0. The maximum atomic E-state index is 12.5. The van der Waals surface area contributed by atoms with E-state index in [-0.39, 0.29) is 42.3 Å². The highest BCUT2D eigenvalue weighted by molar-refractivity contribution is 5.93. The molecule has 152 valence electrons. The maximum Gasteiger partial charge on any atom is 0.270 e. The Labute approximate surface area is 165 Å².